The molecule has 0 nitrogen and oxygen atoms in total. The Balaban J connectivity index is 2.17. The van der Waals surface area contributed by atoms with E-state index in [0.29, 0.717) is 0 Å². The number of fused-ring (bicyclic) bond motifs is 1. The Bertz CT molecular complexity index is 529. The molecule has 0 heterocycles. The van der Waals surface area contributed by atoms with Gasteiger partial charge in [-0.2, -0.15) is 0 Å². The quantitative estimate of drug-likeness (QED) is 0.689. The third-order valence-corrected chi connectivity index (χ3v) is 4.13. The molecule has 0 radical (unpaired) electrons. The van der Waals surface area contributed by atoms with Gasteiger partial charge in [0.05, 0.1) is 0 Å². The number of benzene rings is 2. The zero-order valence-corrected chi connectivity index (χ0v) is 11.1. The second-order valence-corrected chi connectivity index (χ2v) is 5.06. The third-order valence-electron chi connectivity index (χ3n) is 3.69. The fourth-order valence-electron chi connectivity index (χ4n) is 2.86. The van der Waals surface area contributed by atoms with Crippen LogP contribution in [0, 0.1) is 0 Å². The molecule has 1 unspecified atom stereocenters. The molecular formula is C16H17P. The highest BCUT2D eigenvalue weighted by Gasteiger charge is 2.18. The normalized spacial score (nSPS) is 13.7. The van der Waals surface area contributed by atoms with E-state index in [2.05, 4.69) is 51.7 Å². The van der Waals surface area contributed by atoms with Gasteiger partial charge < -0.3 is 0 Å². The maximum Gasteiger partial charge on any atom is -0.0126 e. The molecule has 1 heteroatoms. The Morgan fingerprint density at radius 2 is 1.65 bits per heavy atom. The zero-order chi connectivity index (χ0) is 11.7. The number of hydrogen-bond donors (Lipinski definition) is 0. The molecule has 0 saturated heterocycles. The summed E-state index contributed by atoms with van der Waals surface area (Å²) >= 11 is 0. The van der Waals surface area contributed by atoms with Crippen molar-refractivity contribution in [2.45, 2.75) is 25.4 Å². The first-order chi connectivity index (χ1) is 8.40. The Labute approximate surface area is 105 Å². The first-order valence-electron chi connectivity index (χ1n) is 6.29. The van der Waals surface area contributed by atoms with E-state index in [1.54, 1.807) is 11.1 Å². The van der Waals surface area contributed by atoms with Gasteiger partial charge >= 0.3 is 0 Å². The van der Waals surface area contributed by atoms with Crippen molar-refractivity contribution >= 4 is 9.24 Å². The van der Waals surface area contributed by atoms with E-state index in [1.807, 2.05) is 0 Å². The number of rotatable bonds is 2. The summed E-state index contributed by atoms with van der Waals surface area (Å²) in [5, 5.41) is 0. The van der Waals surface area contributed by atoms with Gasteiger partial charge in [-0.25, -0.2) is 0 Å². The Kier molecular flexibility index (Phi) is 2.99. The maximum absolute atomic E-state index is 2.85. The minimum absolute atomic E-state index is 1.08. The molecule has 0 aromatic heterocycles. The monoisotopic (exact) mass is 240 g/mol. The van der Waals surface area contributed by atoms with E-state index in [9.17, 15) is 0 Å². The van der Waals surface area contributed by atoms with Gasteiger partial charge in [0, 0.05) is 0 Å². The van der Waals surface area contributed by atoms with Crippen molar-refractivity contribution in [1.29, 1.82) is 0 Å². The SMILES string of the molecule is PCc1ccc(-c2ccccc2)c2c1CCC2. The van der Waals surface area contributed by atoms with E-state index in [1.165, 1.54) is 36.0 Å². The van der Waals surface area contributed by atoms with Gasteiger partial charge in [-0.3, -0.25) is 0 Å². The predicted molar refractivity (Wildman–Crippen MR) is 77.3 cm³/mol. The molecule has 1 aliphatic carbocycles. The zero-order valence-electron chi connectivity index (χ0n) is 9.95. The summed E-state index contributed by atoms with van der Waals surface area (Å²) < 4.78 is 0. The molecule has 2 aromatic rings. The molecule has 0 bridgehead atoms. The second kappa shape index (κ2) is 4.63. The average molecular weight is 240 g/mol. The van der Waals surface area contributed by atoms with Crippen LogP contribution < -0.4 is 0 Å². The van der Waals surface area contributed by atoms with Gasteiger partial charge in [-0.05, 0) is 53.2 Å². The lowest BCUT2D eigenvalue weighted by Gasteiger charge is -2.12. The summed E-state index contributed by atoms with van der Waals surface area (Å²) in [6.45, 7) is 0. The van der Waals surface area contributed by atoms with Gasteiger partial charge in [-0.15, -0.1) is 9.24 Å². The van der Waals surface area contributed by atoms with Crippen molar-refractivity contribution in [2.75, 3.05) is 0 Å². The highest BCUT2D eigenvalue weighted by molar-refractivity contribution is 7.15. The Hall–Kier alpha value is -1.13. The highest BCUT2D eigenvalue weighted by Crippen LogP contribution is 2.35. The minimum Gasteiger partial charge on any atom is -0.133 e. The largest absolute Gasteiger partial charge is 0.133 e. The first kappa shape index (κ1) is 11.0. The van der Waals surface area contributed by atoms with Crippen LogP contribution >= 0.6 is 9.24 Å². The van der Waals surface area contributed by atoms with Crippen molar-refractivity contribution in [3.05, 3.63) is 59.2 Å². The van der Waals surface area contributed by atoms with Crippen molar-refractivity contribution in [1.82, 2.24) is 0 Å². The molecule has 3 rings (SSSR count). The molecule has 0 aliphatic heterocycles. The van der Waals surface area contributed by atoms with Crippen LogP contribution in [0.25, 0.3) is 11.1 Å². The van der Waals surface area contributed by atoms with Crippen LogP contribution in [0.3, 0.4) is 0 Å². The predicted octanol–water partition coefficient (Wildman–Crippen LogP) is 4.22. The Morgan fingerprint density at radius 1 is 0.882 bits per heavy atom. The summed E-state index contributed by atoms with van der Waals surface area (Å²) in [5.74, 6) is 0. The molecule has 0 amide bonds. The molecule has 17 heavy (non-hydrogen) atoms. The van der Waals surface area contributed by atoms with E-state index < -0.39 is 0 Å². The van der Waals surface area contributed by atoms with E-state index in [-0.39, 0.29) is 0 Å². The molecule has 0 saturated carbocycles. The van der Waals surface area contributed by atoms with Crippen LogP contribution in [-0.4, -0.2) is 0 Å². The summed E-state index contributed by atoms with van der Waals surface area (Å²) in [5.41, 5.74) is 7.53. The van der Waals surface area contributed by atoms with Crippen LogP contribution in [-0.2, 0) is 19.0 Å². The van der Waals surface area contributed by atoms with Crippen LogP contribution in [0.5, 0.6) is 0 Å². The third kappa shape index (κ3) is 1.91. The van der Waals surface area contributed by atoms with E-state index in [4.69, 9.17) is 0 Å². The van der Waals surface area contributed by atoms with E-state index >= 15 is 0 Å². The van der Waals surface area contributed by atoms with Crippen molar-refractivity contribution in [3.63, 3.8) is 0 Å². The summed E-state index contributed by atoms with van der Waals surface area (Å²) in [7, 11) is 2.85. The minimum atomic E-state index is 1.08. The lowest BCUT2D eigenvalue weighted by atomic mass is 9.94. The molecule has 1 aliphatic rings. The molecule has 0 fully saturated rings. The van der Waals surface area contributed by atoms with Gasteiger partial charge in [0.15, 0.2) is 0 Å². The first-order valence-corrected chi connectivity index (χ1v) is 7.11. The summed E-state index contributed by atoms with van der Waals surface area (Å²) in [6.07, 6.45) is 4.91. The van der Waals surface area contributed by atoms with Crippen LogP contribution in [0.2, 0.25) is 0 Å². The molecule has 0 spiro atoms. The van der Waals surface area contributed by atoms with Gasteiger partial charge in [0.25, 0.3) is 0 Å². The molecule has 1 atom stereocenters. The smallest absolute Gasteiger partial charge is 0.0126 e. The summed E-state index contributed by atoms with van der Waals surface area (Å²) in [4.78, 5) is 0. The summed E-state index contributed by atoms with van der Waals surface area (Å²) in [6, 6.07) is 15.4. The van der Waals surface area contributed by atoms with Gasteiger partial charge in [-0.1, -0.05) is 42.5 Å². The van der Waals surface area contributed by atoms with Gasteiger partial charge in [0.1, 0.15) is 0 Å². The topological polar surface area (TPSA) is 0 Å². The Morgan fingerprint density at radius 3 is 2.41 bits per heavy atom. The van der Waals surface area contributed by atoms with Crippen molar-refractivity contribution < 1.29 is 0 Å². The van der Waals surface area contributed by atoms with Crippen LogP contribution in [0.4, 0.5) is 0 Å². The standard InChI is InChI=1S/C16H17P/c17-11-13-9-10-15(12-5-2-1-3-6-12)16-8-4-7-14(13)16/h1-3,5-6,9-10H,4,7-8,11,17H2. The lowest BCUT2D eigenvalue weighted by Crippen LogP contribution is -1.93. The average Bonchev–Trinajstić information content (AvgIpc) is 2.88. The molecule has 2 aromatic carbocycles. The second-order valence-electron chi connectivity index (χ2n) is 4.65. The van der Waals surface area contributed by atoms with Crippen LogP contribution in [0.15, 0.2) is 42.5 Å². The van der Waals surface area contributed by atoms with Crippen molar-refractivity contribution in [3.8, 4) is 11.1 Å². The highest BCUT2D eigenvalue weighted by atomic mass is 31.0. The number of hydrogen-bond acceptors (Lipinski definition) is 0. The fourth-order valence-corrected chi connectivity index (χ4v) is 3.24. The lowest BCUT2D eigenvalue weighted by molar-refractivity contribution is 0.909. The van der Waals surface area contributed by atoms with E-state index in [0.717, 1.165) is 6.16 Å². The van der Waals surface area contributed by atoms with Gasteiger partial charge in [0.2, 0.25) is 0 Å². The maximum atomic E-state index is 2.85. The fraction of sp³-hybridized carbons (Fsp3) is 0.250. The molecule has 86 valence electrons. The molecular weight excluding hydrogens is 223 g/mol. The van der Waals surface area contributed by atoms with Crippen LogP contribution in [0.1, 0.15) is 23.1 Å². The molecule has 0 N–H and O–H groups in total. The van der Waals surface area contributed by atoms with Crippen molar-refractivity contribution in [2.24, 2.45) is 0 Å².